The molecule has 0 saturated heterocycles. The van der Waals surface area contributed by atoms with E-state index < -0.39 is 8.17 Å². The lowest BCUT2D eigenvalue weighted by Gasteiger charge is -2.02. The summed E-state index contributed by atoms with van der Waals surface area (Å²) in [7, 11) is -3.05. The normalized spacial score (nSPS) is 18.1. The van der Waals surface area contributed by atoms with E-state index in [1.54, 1.807) is 0 Å². The predicted octanol–water partition coefficient (Wildman–Crippen LogP) is 3.48. The molecule has 0 N–H and O–H groups in total. The highest BCUT2D eigenvalue weighted by Gasteiger charge is 2.67. The Hall–Kier alpha value is -2.59. The lowest BCUT2D eigenvalue weighted by Crippen LogP contribution is -2.05. The summed E-state index contributed by atoms with van der Waals surface area (Å²) in [5.41, 5.74) is 1.57. The predicted molar refractivity (Wildman–Crippen MR) is 77.2 cm³/mol. The fourth-order valence-corrected chi connectivity index (χ4v) is 3.14. The number of nitrogens with zero attached hydrogens (tertiary/aromatic N) is 2. The van der Waals surface area contributed by atoms with Gasteiger partial charge in [-0.05, 0) is 24.3 Å². The fourth-order valence-electron chi connectivity index (χ4n) is 1.89. The average Bonchev–Trinajstić information content (AvgIpc) is 3.17. The van der Waals surface area contributed by atoms with Crippen molar-refractivity contribution >= 4 is 20.0 Å². The highest BCUT2D eigenvalue weighted by Crippen LogP contribution is 2.69. The second-order valence-electron chi connectivity index (χ2n) is 4.32. The first kappa shape index (κ1) is 12.2. The van der Waals surface area contributed by atoms with Crippen molar-refractivity contribution in [2.75, 3.05) is 0 Å². The van der Waals surface area contributed by atoms with Crippen molar-refractivity contribution in [3.8, 4) is 0 Å². The summed E-state index contributed by atoms with van der Waals surface area (Å²) in [4.78, 5) is 0. The third kappa shape index (κ3) is 2.19. The Labute approximate surface area is 121 Å². The van der Waals surface area contributed by atoms with Crippen LogP contribution in [0.3, 0.4) is 0 Å². The van der Waals surface area contributed by atoms with Crippen LogP contribution in [0.2, 0.25) is 0 Å². The second-order valence-corrected chi connectivity index (χ2v) is 5.90. The van der Waals surface area contributed by atoms with Crippen LogP contribution in [0.5, 0.6) is 0 Å². The molecule has 0 amide bonds. The van der Waals surface area contributed by atoms with Crippen LogP contribution in [0.25, 0.3) is 0 Å². The molecular formula is C14H10N2O4P+. The summed E-state index contributed by atoms with van der Waals surface area (Å²) >= 11 is 0. The highest BCUT2D eigenvalue weighted by molar-refractivity contribution is 7.58. The number of rotatable bonds is 2. The van der Waals surface area contributed by atoms with E-state index in [4.69, 9.17) is 18.3 Å². The van der Waals surface area contributed by atoms with Gasteiger partial charge in [-0.15, -0.1) is 9.25 Å². The van der Waals surface area contributed by atoms with Crippen LogP contribution in [0.4, 0.5) is 0 Å². The smallest absolute Gasteiger partial charge is 0.214 e. The molecule has 104 valence electrons. The number of benzene rings is 2. The maximum atomic E-state index is 5.63. The summed E-state index contributed by atoms with van der Waals surface area (Å²) in [6.45, 7) is 0. The van der Waals surface area contributed by atoms with Crippen molar-refractivity contribution in [1.82, 2.24) is 0 Å². The molecule has 0 aliphatic carbocycles. The first-order valence-electron chi connectivity index (χ1n) is 6.27. The molecule has 0 atom stereocenters. The third-order valence-corrected chi connectivity index (χ3v) is 4.24. The minimum Gasteiger partial charge on any atom is -0.214 e. The van der Waals surface area contributed by atoms with Gasteiger partial charge >= 0.3 is 20.0 Å². The zero-order chi connectivity index (χ0) is 14.1. The fraction of sp³-hybridized carbons (Fsp3) is 0. The summed E-state index contributed by atoms with van der Waals surface area (Å²) in [6, 6.07) is 18.8. The molecule has 2 aromatic rings. The van der Waals surface area contributed by atoms with Crippen LogP contribution in [0.1, 0.15) is 11.1 Å². The molecule has 0 unspecified atom stereocenters. The Balaban J connectivity index is 1.51. The molecule has 2 aromatic carbocycles. The van der Waals surface area contributed by atoms with Crippen molar-refractivity contribution in [3.63, 3.8) is 0 Å². The van der Waals surface area contributed by atoms with E-state index in [-0.39, 0.29) is 0 Å². The van der Waals surface area contributed by atoms with E-state index in [0.29, 0.717) is 11.8 Å². The molecule has 4 rings (SSSR count). The van der Waals surface area contributed by atoms with E-state index >= 15 is 0 Å². The van der Waals surface area contributed by atoms with Gasteiger partial charge in [0, 0.05) is 21.4 Å². The zero-order valence-corrected chi connectivity index (χ0v) is 11.6. The molecule has 21 heavy (non-hydrogen) atoms. The molecule has 0 saturated carbocycles. The van der Waals surface area contributed by atoms with E-state index in [9.17, 15) is 0 Å². The zero-order valence-electron chi connectivity index (χ0n) is 10.7. The molecule has 7 heteroatoms. The maximum Gasteiger partial charge on any atom is 0.814 e. The molecule has 2 aliphatic heterocycles. The van der Waals surface area contributed by atoms with Gasteiger partial charge in [-0.2, -0.15) is 0 Å². The molecular weight excluding hydrogens is 291 g/mol. The summed E-state index contributed by atoms with van der Waals surface area (Å²) in [6.07, 6.45) is 0. The molecule has 2 aliphatic rings. The van der Waals surface area contributed by atoms with Crippen LogP contribution >= 0.6 is 8.17 Å². The molecule has 1 spiro atoms. The minimum atomic E-state index is -3.05. The number of hydrogen-bond donors (Lipinski definition) is 0. The van der Waals surface area contributed by atoms with E-state index in [2.05, 4.69) is 10.3 Å². The minimum absolute atomic E-state index is 0.327. The largest absolute Gasteiger partial charge is 0.814 e. The van der Waals surface area contributed by atoms with Crippen LogP contribution in [-0.2, 0) is 18.3 Å². The first-order chi connectivity index (χ1) is 10.3. The van der Waals surface area contributed by atoms with Crippen molar-refractivity contribution in [3.05, 3.63) is 71.8 Å². The number of oxime groups is 2. The Morgan fingerprint density at radius 2 is 1.05 bits per heavy atom. The molecule has 0 bridgehead atoms. The SMILES string of the molecule is c1ccc(C2=NO[P+]3(ON=C(c4ccccc4)O3)O2)cc1. The van der Waals surface area contributed by atoms with Gasteiger partial charge in [-0.3, -0.25) is 0 Å². The van der Waals surface area contributed by atoms with E-state index in [0.717, 1.165) is 11.1 Å². The highest BCUT2D eigenvalue weighted by atomic mass is 31.2. The van der Waals surface area contributed by atoms with Gasteiger partial charge in [-0.25, -0.2) is 9.05 Å². The van der Waals surface area contributed by atoms with Crippen LogP contribution in [-0.4, -0.2) is 11.8 Å². The Morgan fingerprint density at radius 1 is 0.619 bits per heavy atom. The molecule has 0 aromatic heterocycles. The first-order valence-corrected chi connectivity index (χ1v) is 7.73. The van der Waals surface area contributed by atoms with Gasteiger partial charge in [0.1, 0.15) is 0 Å². The topological polar surface area (TPSA) is 61.6 Å². The van der Waals surface area contributed by atoms with Gasteiger partial charge in [0.05, 0.1) is 0 Å². The van der Waals surface area contributed by atoms with Gasteiger partial charge in [0.25, 0.3) is 0 Å². The monoisotopic (exact) mass is 301 g/mol. The van der Waals surface area contributed by atoms with E-state index in [1.165, 1.54) is 0 Å². The summed E-state index contributed by atoms with van der Waals surface area (Å²) in [5, 5.41) is 7.78. The summed E-state index contributed by atoms with van der Waals surface area (Å²) < 4.78 is 21.7. The third-order valence-electron chi connectivity index (χ3n) is 2.89. The molecule has 0 radical (unpaired) electrons. The standard InChI is InChI=1S/C14H10N2O4P/c1-3-7-11(8-4-1)13-15-19-21(17-13)18-14(16-20-21)12-9-5-2-6-10-12/h1-10H/q+1. The number of hydrogen-bond acceptors (Lipinski definition) is 6. The van der Waals surface area contributed by atoms with Crippen LogP contribution in [0, 0.1) is 0 Å². The molecule has 0 fully saturated rings. The van der Waals surface area contributed by atoms with Gasteiger partial charge in [-0.1, -0.05) is 36.4 Å². The lowest BCUT2D eigenvalue weighted by molar-refractivity contribution is 0.186. The van der Waals surface area contributed by atoms with E-state index in [1.807, 2.05) is 60.7 Å². The summed E-state index contributed by atoms with van der Waals surface area (Å²) in [5.74, 6) is 0.655. The quantitative estimate of drug-likeness (QED) is 0.797. The lowest BCUT2D eigenvalue weighted by atomic mass is 10.2. The maximum absolute atomic E-state index is 5.63. The van der Waals surface area contributed by atoms with Gasteiger partial charge in [0.2, 0.25) is 0 Å². The van der Waals surface area contributed by atoms with Crippen molar-refractivity contribution in [2.45, 2.75) is 0 Å². The van der Waals surface area contributed by atoms with Crippen LogP contribution < -0.4 is 0 Å². The molecule has 2 heterocycles. The second kappa shape index (κ2) is 4.75. The average molecular weight is 301 g/mol. The van der Waals surface area contributed by atoms with Gasteiger partial charge < -0.3 is 0 Å². The molecule has 6 nitrogen and oxygen atoms in total. The van der Waals surface area contributed by atoms with Crippen molar-refractivity contribution < 1.29 is 18.3 Å². The van der Waals surface area contributed by atoms with Crippen molar-refractivity contribution in [1.29, 1.82) is 0 Å². The van der Waals surface area contributed by atoms with Crippen LogP contribution in [0.15, 0.2) is 71.0 Å². The van der Waals surface area contributed by atoms with Crippen molar-refractivity contribution in [2.24, 2.45) is 10.3 Å². The van der Waals surface area contributed by atoms with Gasteiger partial charge in [0.15, 0.2) is 0 Å². The Morgan fingerprint density at radius 3 is 1.48 bits per heavy atom. The Bertz CT molecular complexity index is 655. The Kier molecular flexibility index (Phi) is 2.75.